The average Bonchev–Trinajstić information content (AvgIpc) is 2.98. The molecule has 0 aliphatic rings. The Morgan fingerprint density at radius 3 is 2.04 bits per heavy atom. The van der Waals surface area contributed by atoms with E-state index in [9.17, 15) is 44.6 Å². The molecule has 16 nitrogen and oxygen atoms in total. The largest absolute Gasteiger partial charge is 0.506 e. The number of benzene rings is 4. The highest BCUT2D eigenvalue weighted by Crippen LogP contribution is 2.44. The Labute approximate surface area is 257 Å². The van der Waals surface area contributed by atoms with Gasteiger partial charge in [-0.15, -0.1) is 20.5 Å². The van der Waals surface area contributed by atoms with Crippen LogP contribution in [0.5, 0.6) is 17.2 Å². The normalized spacial score (nSPS) is 12.7. The van der Waals surface area contributed by atoms with Crippen molar-refractivity contribution >= 4 is 69.3 Å². The van der Waals surface area contributed by atoms with E-state index in [1.807, 2.05) is 0 Å². The summed E-state index contributed by atoms with van der Waals surface area (Å²) < 4.78 is 95.7. The van der Waals surface area contributed by atoms with Crippen molar-refractivity contribution in [1.29, 1.82) is 0 Å². The topological polar surface area (TPSA) is 254 Å². The van der Waals surface area contributed by atoms with E-state index in [1.165, 1.54) is 56.5 Å². The van der Waals surface area contributed by atoms with E-state index in [1.54, 1.807) is 0 Å². The first-order valence-corrected chi connectivity index (χ1v) is 17.3. The zero-order chi connectivity index (χ0) is 33.2. The molecule has 45 heavy (non-hydrogen) atoms. The monoisotopic (exact) mass is 679 g/mol. The van der Waals surface area contributed by atoms with Crippen LogP contribution < -0.4 is 10.1 Å². The van der Waals surface area contributed by atoms with Crippen LogP contribution in [0.25, 0.3) is 10.8 Å². The van der Waals surface area contributed by atoms with Gasteiger partial charge in [-0.2, -0.15) is 16.8 Å². The fourth-order valence-corrected chi connectivity index (χ4v) is 5.90. The summed E-state index contributed by atoms with van der Waals surface area (Å²) in [5.74, 6) is -1.53. The number of anilines is 1. The highest BCUT2D eigenvalue weighted by molar-refractivity contribution is 7.91. The highest BCUT2D eigenvalue weighted by Gasteiger charge is 2.22. The number of nitrogens with zero attached hydrogens (tertiary/aromatic N) is 4. The van der Waals surface area contributed by atoms with Gasteiger partial charge < -0.3 is 20.3 Å². The summed E-state index contributed by atoms with van der Waals surface area (Å²) in [5.41, 5.74) is -0.643. The van der Waals surface area contributed by atoms with Crippen molar-refractivity contribution in [3.8, 4) is 17.2 Å². The van der Waals surface area contributed by atoms with Crippen LogP contribution >= 0.6 is 0 Å². The molecule has 0 amide bonds. The van der Waals surface area contributed by atoms with Crippen LogP contribution in [-0.4, -0.2) is 63.3 Å². The van der Waals surface area contributed by atoms with E-state index in [0.717, 1.165) is 18.2 Å². The predicted molar refractivity (Wildman–Crippen MR) is 163 cm³/mol. The standard InChI is InChI=1S/C26H25N5O11S3/c1-3-43(34,35)16-5-8-19(24(13-16)45(39,40)41)28-31-25-17-6-10-21(29-30-22-12-15(42-2)4-11-23(22)32)26(33)18(17)7-9-20(25)27-14-44(36,37)38/h4-13,27,32-33H,3,14H2,1-2H3,(H,36,37,38)(H,39,40,41). The van der Waals surface area contributed by atoms with E-state index in [2.05, 4.69) is 25.8 Å². The minimum Gasteiger partial charge on any atom is -0.506 e. The zero-order valence-electron chi connectivity index (χ0n) is 23.3. The molecule has 0 heterocycles. The van der Waals surface area contributed by atoms with Crippen LogP contribution in [0, 0.1) is 0 Å². The van der Waals surface area contributed by atoms with E-state index in [0.29, 0.717) is 5.75 Å². The molecule has 0 atom stereocenters. The molecule has 0 saturated carbocycles. The first-order valence-electron chi connectivity index (χ1n) is 12.6. The van der Waals surface area contributed by atoms with Crippen LogP contribution in [0.1, 0.15) is 6.92 Å². The number of methoxy groups -OCH3 is 1. The molecule has 5 N–H and O–H groups in total. The third-order valence-corrected chi connectivity index (χ3v) is 9.35. The van der Waals surface area contributed by atoms with Crippen molar-refractivity contribution in [3.63, 3.8) is 0 Å². The van der Waals surface area contributed by atoms with Crippen LogP contribution in [0.2, 0.25) is 0 Å². The Balaban J connectivity index is 1.87. The zero-order valence-corrected chi connectivity index (χ0v) is 25.8. The Morgan fingerprint density at radius 1 is 0.756 bits per heavy atom. The maximum Gasteiger partial charge on any atom is 0.296 e. The van der Waals surface area contributed by atoms with Crippen LogP contribution in [0.3, 0.4) is 0 Å². The van der Waals surface area contributed by atoms with Crippen molar-refractivity contribution in [2.24, 2.45) is 20.5 Å². The number of fused-ring (bicyclic) bond motifs is 1. The first kappa shape index (κ1) is 33.2. The van der Waals surface area contributed by atoms with Gasteiger partial charge in [0.1, 0.15) is 45.0 Å². The molecule has 0 fully saturated rings. The van der Waals surface area contributed by atoms with Gasteiger partial charge in [-0.05, 0) is 54.6 Å². The van der Waals surface area contributed by atoms with E-state index in [4.69, 9.17) is 4.74 Å². The number of phenols is 2. The summed E-state index contributed by atoms with van der Waals surface area (Å²) in [7, 11) is -12.0. The highest BCUT2D eigenvalue weighted by atomic mass is 32.2. The van der Waals surface area contributed by atoms with Gasteiger partial charge in [-0.25, -0.2) is 8.42 Å². The molecule has 0 bridgehead atoms. The maximum absolute atomic E-state index is 12.3. The van der Waals surface area contributed by atoms with Gasteiger partial charge in [0.05, 0.1) is 23.4 Å². The molecule has 19 heteroatoms. The summed E-state index contributed by atoms with van der Waals surface area (Å²) in [6, 6.07) is 12.5. The number of hydrogen-bond acceptors (Lipinski definition) is 14. The lowest BCUT2D eigenvalue weighted by Gasteiger charge is -2.12. The van der Waals surface area contributed by atoms with Crippen molar-refractivity contribution in [2.75, 3.05) is 24.1 Å². The quantitative estimate of drug-likeness (QED) is 0.0988. The molecule has 0 radical (unpaired) electrons. The Hall–Kier alpha value is -4.69. The van der Waals surface area contributed by atoms with Gasteiger partial charge in [0.25, 0.3) is 20.2 Å². The minimum absolute atomic E-state index is 0.0301. The summed E-state index contributed by atoms with van der Waals surface area (Å²) in [6.07, 6.45) is 0. The lowest BCUT2D eigenvalue weighted by molar-refractivity contribution is 0.412. The van der Waals surface area contributed by atoms with Gasteiger partial charge in [0.15, 0.2) is 15.6 Å². The molecule has 0 aromatic heterocycles. The summed E-state index contributed by atoms with van der Waals surface area (Å²) in [5, 5.41) is 39.6. The maximum atomic E-state index is 12.3. The average molecular weight is 680 g/mol. The molecule has 4 aromatic rings. The van der Waals surface area contributed by atoms with Crippen molar-refractivity contribution in [3.05, 3.63) is 60.7 Å². The fourth-order valence-electron chi connectivity index (χ4n) is 3.93. The van der Waals surface area contributed by atoms with Gasteiger partial charge in [-0.3, -0.25) is 9.11 Å². The van der Waals surface area contributed by atoms with E-state index in [-0.39, 0.29) is 49.9 Å². The molecule has 0 aliphatic carbocycles. The molecule has 0 aliphatic heterocycles. The van der Waals surface area contributed by atoms with Gasteiger partial charge >= 0.3 is 0 Å². The second-order valence-electron chi connectivity index (χ2n) is 9.16. The molecule has 0 unspecified atom stereocenters. The number of phenolic OH excluding ortho intramolecular Hbond substituents is 2. The summed E-state index contributed by atoms with van der Waals surface area (Å²) >= 11 is 0. The van der Waals surface area contributed by atoms with Crippen molar-refractivity contribution in [2.45, 2.75) is 16.7 Å². The molecule has 4 aromatic carbocycles. The lowest BCUT2D eigenvalue weighted by Crippen LogP contribution is -2.13. The predicted octanol–water partition coefficient (Wildman–Crippen LogP) is 5.39. The second kappa shape index (κ2) is 12.7. The molecule has 4 rings (SSSR count). The van der Waals surface area contributed by atoms with Crippen LogP contribution in [-0.2, 0) is 30.1 Å². The Kier molecular flexibility index (Phi) is 9.40. The van der Waals surface area contributed by atoms with Gasteiger partial charge in [0.2, 0.25) is 0 Å². The molecule has 238 valence electrons. The second-order valence-corrected chi connectivity index (χ2v) is 14.3. The fraction of sp³-hybridized carbons (Fsp3) is 0.154. The molecular formula is C26H25N5O11S3. The summed E-state index contributed by atoms with van der Waals surface area (Å²) in [6.45, 7) is 1.35. The molecule has 0 spiro atoms. The number of sulfone groups is 1. The van der Waals surface area contributed by atoms with Crippen molar-refractivity contribution in [1.82, 2.24) is 0 Å². The molecule has 0 saturated heterocycles. The SMILES string of the molecule is CCS(=O)(=O)c1ccc(N=Nc2c(NCS(=O)(=O)O)ccc3c(O)c(N=Nc4cc(OC)ccc4O)ccc23)c(S(=O)(=O)O)c1. The van der Waals surface area contributed by atoms with Crippen LogP contribution in [0.15, 0.2) is 90.9 Å². The van der Waals surface area contributed by atoms with Gasteiger partial charge in [0, 0.05) is 16.8 Å². The smallest absolute Gasteiger partial charge is 0.296 e. The third-order valence-electron chi connectivity index (χ3n) is 6.22. The third kappa shape index (κ3) is 7.70. The molecular weight excluding hydrogens is 655 g/mol. The number of rotatable bonds is 11. The van der Waals surface area contributed by atoms with Gasteiger partial charge in [-0.1, -0.05) is 6.92 Å². The van der Waals surface area contributed by atoms with Crippen LogP contribution in [0.4, 0.5) is 28.4 Å². The minimum atomic E-state index is -4.99. The number of ether oxygens (including phenoxy) is 1. The van der Waals surface area contributed by atoms with Crippen molar-refractivity contribution < 1.29 is 49.3 Å². The number of aromatic hydroxyl groups is 2. The van der Waals surface area contributed by atoms with E-state index >= 15 is 0 Å². The lowest BCUT2D eigenvalue weighted by atomic mass is 10.1. The number of hydrogen-bond donors (Lipinski definition) is 5. The number of nitrogens with one attached hydrogen (secondary N) is 1. The summed E-state index contributed by atoms with van der Waals surface area (Å²) in [4.78, 5) is -1.24. The first-order chi connectivity index (χ1) is 21.0. The Bertz CT molecular complexity index is 2190. The Morgan fingerprint density at radius 2 is 1.40 bits per heavy atom. The number of azo groups is 2. The van der Waals surface area contributed by atoms with E-state index < -0.39 is 52.3 Å².